The fourth-order valence-electron chi connectivity index (χ4n) is 1.13. The molecular formula is C9H9N5O2S. The Kier molecular flexibility index (Phi) is 2.88. The Labute approximate surface area is 100 Å². The Hall–Kier alpha value is -2.22. The number of H-pyrrole nitrogens is 1. The molecule has 0 aromatic carbocycles. The standard InChI is InChI=1S/C9H9N5O2S/c1-4(15)6-3-17-9(12-6)13-8(16)7-5(10)2-11-14-7/h2-3H,10H2,1H3,(H,11,14)(H,12,13,16). The zero-order valence-electron chi connectivity index (χ0n) is 8.85. The second kappa shape index (κ2) is 4.34. The maximum Gasteiger partial charge on any atom is 0.277 e. The summed E-state index contributed by atoms with van der Waals surface area (Å²) in [5.74, 6) is -0.591. The van der Waals surface area contributed by atoms with Crippen molar-refractivity contribution >= 4 is 33.8 Å². The van der Waals surface area contributed by atoms with Gasteiger partial charge >= 0.3 is 0 Å². The summed E-state index contributed by atoms with van der Waals surface area (Å²) in [6.07, 6.45) is 1.35. The number of nitrogen functional groups attached to an aromatic ring is 1. The number of carbonyl (C=O) groups excluding carboxylic acids is 2. The number of rotatable bonds is 3. The lowest BCUT2D eigenvalue weighted by atomic mass is 10.3. The quantitative estimate of drug-likeness (QED) is 0.701. The van der Waals surface area contributed by atoms with Crippen LogP contribution in [0.4, 0.5) is 10.8 Å². The molecule has 0 aliphatic carbocycles. The maximum absolute atomic E-state index is 11.7. The number of ketones is 1. The van der Waals surface area contributed by atoms with Gasteiger partial charge < -0.3 is 5.73 Å². The van der Waals surface area contributed by atoms with Gasteiger partial charge in [0.1, 0.15) is 11.4 Å². The van der Waals surface area contributed by atoms with Crippen molar-refractivity contribution in [2.24, 2.45) is 0 Å². The Morgan fingerprint density at radius 2 is 2.29 bits per heavy atom. The van der Waals surface area contributed by atoms with Crippen LogP contribution in [-0.4, -0.2) is 26.9 Å². The van der Waals surface area contributed by atoms with Crippen molar-refractivity contribution in [1.29, 1.82) is 0 Å². The Balaban J connectivity index is 2.13. The Bertz CT molecular complexity index is 573. The van der Waals surface area contributed by atoms with Crippen LogP contribution in [0, 0.1) is 0 Å². The maximum atomic E-state index is 11.7. The van der Waals surface area contributed by atoms with Gasteiger partial charge in [0.15, 0.2) is 10.9 Å². The molecule has 0 atom stereocenters. The minimum absolute atomic E-state index is 0.150. The summed E-state index contributed by atoms with van der Waals surface area (Å²) in [6.45, 7) is 1.41. The molecule has 8 heteroatoms. The van der Waals surface area contributed by atoms with Gasteiger partial charge in [0, 0.05) is 12.3 Å². The van der Waals surface area contributed by atoms with Crippen LogP contribution in [0.25, 0.3) is 0 Å². The van der Waals surface area contributed by atoms with E-state index in [1.807, 2.05) is 0 Å². The summed E-state index contributed by atoms with van der Waals surface area (Å²) in [6, 6.07) is 0. The van der Waals surface area contributed by atoms with Gasteiger partial charge in [-0.3, -0.25) is 20.0 Å². The van der Waals surface area contributed by atoms with E-state index in [1.165, 1.54) is 24.5 Å². The van der Waals surface area contributed by atoms with Gasteiger partial charge in [-0.1, -0.05) is 0 Å². The van der Waals surface area contributed by atoms with Crippen molar-refractivity contribution in [2.45, 2.75) is 6.92 Å². The smallest absolute Gasteiger partial charge is 0.277 e. The van der Waals surface area contributed by atoms with E-state index in [0.29, 0.717) is 10.8 Å². The third-order valence-electron chi connectivity index (χ3n) is 1.98. The van der Waals surface area contributed by atoms with Crippen LogP contribution in [0.1, 0.15) is 27.9 Å². The van der Waals surface area contributed by atoms with Crippen LogP contribution < -0.4 is 11.1 Å². The molecule has 0 radical (unpaired) electrons. The highest BCUT2D eigenvalue weighted by molar-refractivity contribution is 7.14. The fraction of sp³-hybridized carbons (Fsp3) is 0.111. The minimum Gasteiger partial charge on any atom is -0.396 e. The number of amides is 1. The predicted octanol–water partition coefficient (Wildman–Crippen LogP) is 0.903. The first-order valence-corrected chi connectivity index (χ1v) is 5.52. The second-order valence-electron chi connectivity index (χ2n) is 3.25. The van der Waals surface area contributed by atoms with Crippen LogP contribution in [-0.2, 0) is 0 Å². The summed E-state index contributed by atoms with van der Waals surface area (Å²) in [5, 5.41) is 10.6. The lowest BCUT2D eigenvalue weighted by Gasteiger charge is -1.99. The molecule has 1 amide bonds. The highest BCUT2D eigenvalue weighted by Crippen LogP contribution is 2.17. The van der Waals surface area contributed by atoms with Gasteiger partial charge in [-0.2, -0.15) is 5.10 Å². The van der Waals surface area contributed by atoms with Gasteiger partial charge in [-0.05, 0) is 0 Å². The number of aromatic amines is 1. The molecule has 0 fully saturated rings. The van der Waals surface area contributed by atoms with Gasteiger partial charge in [-0.15, -0.1) is 11.3 Å². The number of nitrogens with two attached hydrogens (primary N) is 1. The number of carbonyl (C=O) groups is 2. The van der Waals surface area contributed by atoms with Crippen molar-refractivity contribution in [3.8, 4) is 0 Å². The highest BCUT2D eigenvalue weighted by atomic mass is 32.1. The second-order valence-corrected chi connectivity index (χ2v) is 4.11. The van der Waals surface area contributed by atoms with E-state index in [4.69, 9.17) is 5.73 Å². The molecule has 0 saturated carbocycles. The number of nitrogens with one attached hydrogen (secondary N) is 2. The van der Waals surface area contributed by atoms with E-state index in [2.05, 4.69) is 20.5 Å². The zero-order valence-corrected chi connectivity index (χ0v) is 9.67. The molecule has 2 rings (SSSR count). The number of hydrogen-bond acceptors (Lipinski definition) is 6. The fourth-order valence-corrected chi connectivity index (χ4v) is 1.87. The molecule has 7 nitrogen and oxygen atoms in total. The first-order chi connectivity index (χ1) is 8.08. The lowest BCUT2D eigenvalue weighted by Crippen LogP contribution is -2.14. The monoisotopic (exact) mass is 251 g/mol. The number of Topliss-reactive ketones (excluding diaryl/α,β-unsaturated/α-hetero) is 1. The number of aromatic nitrogens is 3. The number of anilines is 2. The summed E-state index contributed by atoms with van der Waals surface area (Å²) in [4.78, 5) is 26.7. The van der Waals surface area contributed by atoms with Crippen LogP contribution in [0.5, 0.6) is 0 Å². The molecule has 0 spiro atoms. The van der Waals surface area contributed by atoms with E-state index in [9.17, 15) is 9.59 Å². The SMILES string of the molecule is CC(=O)c1csc(NC(=O)c2[nH]ncc2N)n1. The van der Waals surface area contributed by atoms with E-state index >= 15 is 0 Å². The Morgan fingerprint density at radius 1 is 1.53 bits per heavy atom. The van der Waals surface area contributed by atoms with Gasteiger partial charge in [0.2, 0.25) is 0 Å². The van der Waals surface area contributed by atoms with Crippen LogP contribution in [0.2, 0.25) is 0 Å². The average Bonchev–Trinajstić information content (AvgIpc) is 2.86. The molecule has 88 valence electrons. The summed E-state index contributed by atoms with van der Waals surface area (Å²) >= 11 is 1.17. The van der Waals surface area contributed by atoms with Crippen LogP contribution in [0.15, 0.2) is 11.6 Å². The molecular weight excluding hydrogens is 242 g/mol. The van der Waals surface area contributed by atoms with Crippen molar-refractivity contribution in [3.05, 3.63) is 23.0 Å². The van der Waals surface area contributed by atoms with Gasteiger partial charge in [0.25, 0.3) is 5.91 Å². The Morgan fingerprint density at radius 3 is 2.82 bits per heavy atom. The highest BCUT2D eigenvalue weighted by Gasteiger charge is 2.14. The number of nitrogens with zero attached hydrogens (tertiary/aromatic N) is 2. The third kappa shape index (κ3) is 2.31. The average molecular weight is 251 g/mol. The minimum atomic E-state index is -0.440. The third-order valence-corrected chi connectivity index (χ3v) is 2.74. The summed E-state index contributed by atoms with van der Waals surface area (Å²) in [5.41, 5.74) is 6.27. The topological polar surface area (TPSA) is 114 Å². The van der Waals surface area contributed by atoms with E-state index in [1.54, 1.807) is 5.38 Å². The normalized spacial score (nSPS) is 10.2. The molecule has 2 aromatic rings. The van der Waals surface area contributed by atoms with E-state index < -0.39 is 5.91 Å². The molecule has 0 unspecified atom stereocenters. The summed E-state index contributed by atoms with van der Waals surface area (Å²) in [7, 11) is 0. The van der Waals surface area contributed by atoms with Crippen molar-refractivity contribution in [3.63, 3.8) is 0 Å². The van der Waals surface area contributed by atoms with Crippen molar-refractivity contribution < 1.29 is 9.59 Å². The molecule has 0 aliphatic heterocycles. The van der Waals surface area contributed by atoms with Crippen LogP contribution in [0.3, 0.4) is 0 Å². The molecule has 17 heavy (non-hydrogen) atoms. The van der Waals surface area contributed by atoms with Crippen molar-refractivity contribution in [2.75, 3.05) is 11.1 Å². The van der Waals surface area contributed by atoms with Gasteiger partial charge in [-0.25, -0.2) is 4.98 Å². The summed E-state index contributed by atoms with van der Waals surface area (Å²) < 4.78 is 0. The molecule has 4 N–H and O–H groups in total. The van der Waals surface area contributed by atoms with Gasteiger partial charge in [0.05, 0.1) is 11.9 Å². The predicted molar refractivity (Wildman–Crippen MR) is 63.1 cm³/mol. The van der Waals surface area contributed by atoms with E-state index in [0.717, 1.165) is 0 Å². The van der Waals surface area contributed by atoms with Crippen LogP contribution >= 0.6 is 11.3 Å². The molecule has 2 heterocycles. The first-order valence-electron chi connectivity index (χ1n) is 4.64. The zero-order chi connectivity index (χ0) is 12.4. The first kappa shape index (κ1) is 11.3. The van der Waals surface area contributed by atoms with E-state index in [-0.39, 0.29) is 17.2 Å². The molecule has 0 saturated heterocycles. The number of hydrogen-bond donors (Lipinski definition) is 3. The van der Waals surface area contributed by atoms with Crippen molar-refractivity contribution in [1.82, 2.24) is 15.2 Å². The molecule has 2 aromatic heterocycles. The molecule has 0 bridgehead atoms. The number of thiazole rings is 1. The molecule has 0 aliphatic rings. The lowest BCUT2D eigenvalue weighted by molar-refractivity contribution is 0.100. The largest absolute Gasteiger partial charge is 0.396 e.